The van der Waals surface area contributed by atoms with Crippen molar-refractivity contribution in [1.82, 2.24) is 0 Å². The van der Waals surface area contributed by atoms with E-state index in [0.717, 1.165) is 11.1 Å². The third-order valence-corrected chi connectivity index (χ3v) is 5.10. The minimum atomic E-state index is -1.84. The lowest BCUT2D eigenvalue weighted by Gasteiger charge is -2.24. The fraction of sp³-hybridized carbons (Fsp3) is 0.333. The van der Waals surface area contributed by atoms with Crippen LogP contribution in [0.15, 0.2) is 48.5 Å². The quantitative estimate of drug-likeness (QED) is 0.587. The molecule has 0 saturated carbocycles. The van der Waals surface area contributed by atoms with E-state index in [9.17, 15) is 14.7 Å². The van der Waals surface area contributed by atoms with Crippen LogP contribution in [-0.2, 0) is 13.8 Å². The fourth-order valence-corrected chi connectivity index (χ4v) is 3.39. The second-order valence-electron chi connectivity index (χ2n) is 6.82. The molecule has 0 aliphatic carbocycles. The van der Waals surface area contributed by atoms with Gasteiger partial charge in [-0.25, -0.2) is 9.08 Å². The van der Waals surface area contributed by atoms with Crippen LogP contribution >= 0.6 is 11.9 Å². The smallest absolute Gasteiger partial charge is 0.338 e. The molecule has 1 heterocycles. The average Bonchev–Trinajstić information content (AvgIpc) is 3.03. The Balaban J connectivity index is 1.72. The summed E-state index contributed by atoms with van der Waals surface area (Å²) in [4.78, 5) is 25.2. The molecule has 0 bridgehead atoms. The van der Waals surface area contributed by atoms with Crippen molar-refractivity contribution in [2.45, 2.75) is 38.3 Å². The minimum absolute atomic E-state index is 0.170. The fourth-order valence-electron chi connectivity index (χ4n) is 3.22. The highest BCUT2D eigenvalue weighted by Gasteiger charge is 2.53. The topological polar surface area (TPSA) is 82.1 Å². The van der Waals surface area contributed by atoms with Gasteiger partial charge < -0.3 is 14.6 Å². The first-order valence-electron chi connectivity index (χ1n) is 8.87. The number of benzene rings is 2. The zero-order valence-electron chi connectivity index (χ0n) is 15.6. The third kappa shape index (κ3) is 3.95. The van der Waals surface area contributed by atoms with Gasteiger partial charge in [0, 0.05) is 12.0 Å². The standard InChI is InChI=1S/C21H21ClO6/c1-13-7-3-5-9-15(13)19(24)21(28-22)11-17(23)18(27-21)12-26-20(25)16-10-6-4-8-14(16)2/h3-10,17-18,23H,11-12H2,1-2H3/t17-,18+,21?/m1/s1. The summed E-state index contributed by atoms with van der Waals surface area (Å²) in [5.41, 5.74) is 2.31. The second-order valence-corrected chi connectivity index (χ2v) is 6.97. The highest BCUT2D eigenvalue weighted by molar-refractivity contribution is 6.11. The van der Waals surface area contributed by atoms with E-state index >= 15 is 0 Å². The van der Waals surface area contributed by atoms with E-state index < -0.39 is 29.7 Å². The first kappa shape index (κ1) is 20.5. The third-order valence-electron chi connectivity index (χ3n) is 4.85. The summed E-state index contributed by atoms with van der Waals surface area (Å²) < 4.78 is 15.8. The van der Waals surface area contributed by atoms with Gasteiger partial charge >= 0.3 is 5.97 Å². The van der Waals surface area contributed by atoms with Crippen LogP contribution in [0.1, 0.15) is 38.3 Å². The molecular weight excluding hydrogens is 384 g/mol. The molecule has 1 saturated heterocycles. The van der Waals surface area contributed by atoms with Crippen LogP contribution in [0.4, 0.5) is 0 Å². The lowest BCUT2D eigenvalue weighted by molar-refractivity contribution is -0.146. The Bertz CT molecular complexity index is 883. The number of hydrogen-bond acceptors (Lipinski definition) is 6. The summed E-state index contributed by atoms with van der Waals surface area (Å²) in [5.74, 6) is -2.87. The van der Waals surface area contributed by atoms with E-state index in [4.69, 9.17) is 25.6 Å². The number of aryl methyl sites for hydroxylation is 2. The Morgan fingerprint density at radius 1 is 1.11 bits per heavy atom. The summed E-state index contributed by atoms with van der Waals surface area (Å²) in [6.45, 7) is 3.34. The number of Topliss-reactive ketones (excluding diaryl/α,β-unsaturated/α-hetero) is 1. The van der Waals surface area contributed by atoms with Crippen molar-refractivity contribution in [1.29, 1.82) is 0 Å². The molecule has 1 unspecified atom stereocenters. The van der Waals surface area contributed by atoms with Crippen LogP contribution in [0, 0.1) is 13.8 Å². The van der Waals surface area contributed by atoms with Gasteiger partial charge in [-0.3, -0.25) is 4.79 Å². The molecular formula is C21H21ClO6. The lowest BCUT2D eigenvalue weighted by atomic mass is 9.96. The molecule has 0 spiro atoms. The van der Waals surface area contributed by atoms with Crippen LogP contribution in [0.2, 0.25) is 0 Å². The number of carbonyl (C=O) groups is 2. The summed E-state index contributed by atoms with van der Waals surface area (Å²) in [6, 6.07) is 13.9. The van der Waals surface area contributed by atoms with Crippen LogP contribution in [-0.4, -0.2) is 41.5 Å². The summed E-state index contributed by atoms with van der Waals surface area (Å²) in [7, 11) is 0. The van der Waals surface area contributed by atoms with E-state index in [1.165, 1.54) is 0 Å². The van der Waals surface area contributed by atoms with Gasteiger partial charge in [-0.1, -0.05) is 42.5 Å². The highest BCUT2D eigenvalue weighted by Crippen LogP contribution is 2.37. The van der Waals surface area contributed by atoms with Crippen molar-refractivity contribution >= 4 is 23.6 Å². The first-order valence-corrected chi connectivity index (χ1v) is 9.17. The van der Waals surface area contributed by atoms with Crippen molar-refractivity contribution < 1.29 is 28.5 Å². The number of esters is 1. The molecule has 2 aromatic rings. The van der Waals surface area contributed by atoms with Crippen molar-refractivity contribution in [2.24, 2.45) is 0 Å². The van der Waals surface area contributed by atoms with Crippen molar-refractivity contribution in [3.63, 3.8) is 0 Å². The number of rotatable bonds is 6. The predicted molar refractivity (Wildman–Crippen MR) is 102 cm³/mol. The van der Waals surface area contributed by atoms with Crippen molar-refractivity contribution in [3.8, 4) is 0 Å². The van der Waals surface area contributed by atoms with Gasteiger partial charge in [0.2, 0.25) is 5.78 Å². The van der Waals surface area contributed by atoms with E-state index in [0.29, 0.717) is 11.1 Å². The maximum absolute atomic E-state index is 13.0. The second kappa shape index (κ2) is 8.41. The molecule has 1 fully saturated rings. The lowest BCUT2D eigenvalue weighted by Crippen LogP contribution is -2.40. The Morgan fingerprint density at radius 2 is 1.68 bits per heavy atom. The molecule has 1 aliphatic heterocycles. The van der Waals surface area contributed by atoms with Crippen LogP contribution in [0.3, 0.4) is 0 Å². The number of ether oxygens (including phenoxy) is 2. The molecule has 3 rings (SSSR count). The molecule has 28 heavy (non-hydrogen) atoms. The summed E-state index contributed by atoms with van der Waals surface area (Å²) in [6.07, 6.45) is -2.20. The Morgan fingerprint density at radius 3 is 2.25 bits per heavy atom. The normalized spacial score (nSPS) is 24.1. The molecule has 0 amide bonds. The number of carbonyl (C=O) groups excluding carboxylic acids is 2. The highest BCUT2D eigenvalue weighted by atomic mass is 35.5. The molecule has 148 valence electrons. The minimum Gasteiger partial charge on any atom is -0.459 e. The Hall–Kier alpha value is -2.25. The zero-order chi connectivity index (χ0) is 20.3. The van der Waals surface area contributed by atoms with E-state index in [-0.39, 0.29) is 13.0 Å². The first-order chi connectivity index (χ1) is 13.4. The molecule has 1 N–H and O–H groups in total. The molecule has 1 aliphatic rings. The molecule has 2 aromatic carbocycles. The summed E-state index contributed by atoms with van der Waals surface area (Å²) in [5, 5.41) is 10.4. The van der Waals surface area contributed by atoms with Crippen molar-refractivity contribution in [2.75, 3.05) is 6.61 Å². The molecule has 7 heteroatoms. The monoisotopic (exact) mass is 404 g/mol. The van der Waals surface area contributed by atoms with Gasteiger partial charge in [0.15, 0.2) is 0 Å². The van der Waals surface area contributed by atoms with Gasteiger partial charge in [-0.2, -0.15) is 0 Å². The van der Waals surface area contributed by atoms with Crippen molar-refractivity contribution in [3.05, 3.63) is 70.8 Å². The molecule has 0 aromatic heterocycles. The predicted octanol–water partition coefficient (Wildman–Crippen LogP) is 3.36. The van der Waals surface area contributed by atoms with Gasteiger partial charge in [0.1, 0.15) is 12.7 Å². The zero-order valence-corrected chi connectivity index (χ0v) is 16.3. The summed E-state index contributed by atoms with van der Waals surface area (Å²) >= 11 is 5.61. The Kier molecular flexibility index (Phi) is 6.15. The number of halogens is 1. The van der Waals surface area contributed by atoms with Crippen LogP contribution in [0.5, 0.6) is 0 Å². The molecule has 0 radical (unpaired) electrons. The number of aliphatic hydroxyl groups excluding tert-OH is 1. The van der Waals surface area contributed by atoms with E-state index in [1.807, 2.05) is 6.07 Å². The number of aliphatic hydroxyl groups is 1. The number of ketones is 1. The van der Waals surface area contributed by atoms with E-state index in [2.05, 4.69) is 0 Å². The van der Waals surface area contributed by atoms with Crippen LogP contribution < -0.4 is 0 Å². The van der Waals surface area contributed by atoms with Gasteiger partial charge in [0.25, 0.3) is 5.79 Å². The number of hydrogen-bond donors (Lipinski definition) is 1. The maximum Gasteiger partial charge on any atom is 0.338 e. The van der Waals surface area contributed by atoms with E-state index in [1.54, 1.807) is 56.3 Å². The van der Waals surface area contributed by atoms with Crippen LogP contribution in [0.25, 0.3) is 0 Å². The largest absolute Gasteiger partial charge is 0.459 e. The SMILES string of the molecule is Cc1ccccc1C(=O)OC[C@@H]1OC(OCl)(C(=O)c2ccccc2C)C[C@H]1O. The van der Waals surface area contributed by atoms with Gasteiger partial charge in [-0.15, -0.1) is 0 Å². The maximum atomic E-state index is 13.0. The van der Waals surface area contributed by atoms with Gasteiger partial charge in [0.05, 0.1) is 23.5 Å². The molecule has 6 nitrogen and oxygen atoms in total. The van der Waals surface area contributed by atoms with Gasteiger partial charge in [-0.05, 0) is 31.0 Å². The molecule has 3 atom stereocenters. The average molecular weight is 405 g/mol. The Labute approximate surface area is 168 Å².